The number of amidine groups is 1. The molecule has 1 aromatic carbocycles. The predicted octanol–water partition coefficient (Wildman–Crippen LogP) is 2.64. The van der Waals surface area contributed by atoms with E-state index in [2.05, 4.69) is 4.99 Å². The number of aliphatic imine (C=N–C) groups is 1. The minimum atomic E-state index is -0.532. The second-order valence-corrected chi connectivity index (χ2v) is 5.46. The van der Waals surface area contributed by atoms with Gasteiger partial charge in [-0.3, -0.25) is 14.9 Å². The molecule has 1 aliphatic carbocycles. The second-order valence-electron chi connectivity index (χ2n) is 5.46. The van der Waals surface area contributed by atoms with E-state index in [4.69, 9.17) is 0 Å². The van der Waals surface area contributed by atoms with Gasteiger partial charge in [-0.15, -0.1) is 0 Å². The molecule has 3 rings (SSSR count). The van der Waals surface area contributed by atoms with Gasteiger partial charge in [0.25, 0.3) is 5.69 Å². The molecule has 2 aliphatic rings. The average Bonchev–Trinajstić information content (AvgIpc) is 2.72. The third kappa shape index (κ3) is 1.79. The van der Waals surface area contributed by atoms with Crippen LogP contribution in [0.5, 0.6) is 0 Å². The lowest BCUT2D eigenvalue weighted by molar-refractivity contribution is -0.520. The fourth-order valence-electron chi connectivity index (χ4n) is 2.89. The molecule has 0 unspecified atom stereocenters. The molecular weight excluding hydrogens is 258 g/mol. The molecule has 6 heteroatoms. The first-order valence-corrected chi connectivity index (χ1v) is 6.69. The van der Waals surface area contributed by atoms with E-state index in [0.717, 1.165) is 36.1 Å². The van der Waals surface area contributed by atoms with E-state index in [1.165, 1.54) is 12.1 Å². The van der Waals surface area contributed by atoms with Crippen molar-refractivity contribution in [3.8, 4) is 0 Å². The number of benzene rings is 1. The van der Waals surface area contributed by atoms with Gasteiger partial charge in [0.2, 0.25) is 0 Å². The van der Waals surface area contributed by atoms with Crippen molar-refractivity contribution in [2.45, 2.75) is 38.1 Å². The van der Waals surface area contributed by atoms with Crippen LogP contribution in [0.4, 0.5) is 5.69 Å². The largest absolute Gasteiger partial charge is 0.714 e. The molecular formula is C14H15N3O3. The third-order valence-corrected chi connectivity index (χ3v) is 4.17. The molecule has 0 saturated heterocycles. The first kappa shape index (κ1) is 12.8. The molecule has 0 amide bonds. The maximum absolute atomic E-state index is 12.5. The number of hydrogen-bond acceptors (Lipinski definition) is 4. The van der Waals surface area contributed by atoms with Crippen molar-refractivity contribution in [3.05, 3.63) is 45.2 Å². The van der Waals surface area contributed by atoms with Gasteiger partial charge in [0.1, 0.15) is 0 Å². The topological polar surface area (TPSA) is 81.6 Å². The SMILES string of the molecule is C[C@]12CCCCC1=NC(c1ccc([N+](=O)[O-])cc1)=[N+]2[O-]. The second kappa shape index (κ2) is 4.40. The van der Waals surface area contributed by atoms with Crippen LogP contribution in [0.2, 0.25) is 0 Å². The summed E-state index contributed by atoms with van der Waals surface area (Å²) in [5, 5.41) is 23.2. The predicted molar refractivity (Wildman–Crippen MR) is 75.1 cm³/mol. The summed E-state index contributed by atoms with van der Waals surface area (Å²) in [5.74, 6) is 0.374. The summed E-state index contributed by atoms with van der Waals surface area (Å²) >= 11 is 0. The maximum atomic E-state index is 12.5. The zero-order valence-electron chi connectivity index (χ0n) is 11.2. The van der Waals surface area contributed by atoms with Crippen LogP contribution in [0, 0.1) is 15.3 Å². The molecule has 1 fully saturated rings. The molecule has 6 nitrogen and oxygen atoms in total. The number of rotatable bonds is 2. The highest BCUT2D eigenvalue weighted by molar-refractivity contribution is 6.10. The minimum Gasteiger partial charge on any atom is -0.714 e. The van der Waals surface area contributed by atoms with E-state index in [0.29, 0.717) is 11.4 Å². The standard InChI is InChI=1S/C14H15N3O3/c1-14-9-3-2-4-12(14)15-13(16(14)18)10-5-7-11(8-6-10)17(19)20/h5-8H,2-4,9H2,1H3/t14-/m0/s1. The van der Waals surface area contributed by atoms with E-state index in [1.54, 1.807) is 12.1 Å². The van der Waals surface area contributed by atoms with Gasteiger partial charge in [0, 0.05) is 18.6 Å². The van der Waals surface area contributed by atoms with Crippen molar-refractivity contribution in [1.29, 1.82) is 0 Å². The van der Waals surface area contributed by atoms with Crippen molar-refractivity contribution in [2.75, 3.05) is 0 Å². The van der Waals surface area contributed by atoms with Crippen LogP contribution in [0.25, 0.3) is 0 Å². The summed E-state index contributed by atoms with van der Waals surface area (Å²) in [6, 6.07) is 5.98. The van der Waals surface area contributed by atoms with Crippen molar-refractivity contribution in [1.82, 2.24) is 0 Å². The number of fused-ring (bicyclic) bond motifs is 1. The van der Waals surface area contributed by atoms with E-state index >= 15 is 0 Å². The smallest absolute Gasteiger partial charge is 0.329 e. The van der Waals surface area contributed by atoms with Crippen molar-refractivity contribution >= 4 is 17.2 Å². The van der Waals surface area contributed by atoms with Gasteiger partial charge >= 0.3 is 5.84 Å². The first-order chi connectivity index (χ1) is 9.52. The van der Waals surface area contributed by atoms with Gasteiger partial charge in [-0.1, -0.05) is 0 Å². The highest BCUT2D eigenvalue weighted by Gasteiger charge is 2.47. The lowest BCUT2D eigenvalue weighted by Crippen LogP contribution is -2.44. The molecule has 1 aliphatic heterocycles. The minimum absolute atomic E-state index is 0.0149. The third-order valence-electron chi connectivity index (χ3n) is 4.17. The molecule has 1 saturated carbocycles. The Morgan fingerprint density at radius 2 is 2.00 bits per heavy atom. The Bertz CT molecular complexity index is 634. The Balaban J connectivity index is 2.01. The summed E-state index contributed by atoms with van der Waals surface area (Å²) in [7, 11) is 0. The lowest BCUT2D eigenvalue weighted by atomic mass is 9.82. The highest BCUT2D eigenvalue weighted by atomic mass is 16.6. The maximum Gasteiger partial charge on any atom is 0.329 e. The number of non-ortho nitro benzene ring substituents is 1. The fourth-order valence-corrected chi connectivity index (χ4v) is 2.89. The van der Waals surface area contributed by atoms with Crippen LogP contribution in [0.3, 0.4) is 0 Å². The zero-order chi connectivity index (χ0) is 14.3. The van der Waals surface area contributed by atoms with Crippen LogP contribution in [0.1, 0.15) is 38.2 Å². The fraction of sp³-hybridized carbons (Fsp3) is 0.429. The normalized spacial score (nSPS) is 25.4. The summed E-state index contributed by atoms with van der Waals surface area (Å²) in [4.78, 5) is 14.7. The first-order valence-electron chi connectivity index (χ1n) is 6.69. The van der Waals surface area contributed by atoms with E-state index in [9.17, 15) is 15.3 Å². The molecule has 0 N–H and O–H groups in total. The average molecular weight is 273 g/mol. The molecule has 0 aromatic heterocycles. The van der Waals surface area contributed by atoms with Gasteiger partial charge in [-0.25, -0.2) is 0 Å². The van der Waals surface area contributed by atoms with Crippen LogP contribution in [-0.2, 0) is 0 Å². The monoisotopic (exact) mass is 273 g/mol. The zero-order valence-corrected chi connectivity index (χ0v) is 11.2. The van der Waals surface area contributed by atoms with E-state index in [-0.39, 0.29) is 5.69 Å². The van der Waals surface area contributed by atoms with Gasteiger partial charge in [-0.05, 0) is 43.3 Å². The number of nitro groups is 1. The molecule has 20 heavy (non-hydrogen) atoms. The van der Waals surface area contributed by atoms with Crippen LogP contribution in [-0.4, -0.2) is 26.7 Å². The van der Waals surface area contributed by atoms with Gasteiger partial charge in [-0.2, -0.15) is 0 Å². The Morgan fingerprint density at radius 1 is 1.30 bits per heavy atom. The number of nitrogens with zero attached hydrogens (tertiary/aromatic N) is 3. The summed E-state index contributed by atoms with van der Waals surface area (Å²) in [6.07, 6.45) is 3.76. The van der Waals surface area contributed by atoms with Gasteiger partial charge < -0.3 is 5.21 Å². The summed E-state index contributed by atoms with van der Waals surface area (Å²) in [5.41, 5.74) is 1.05. The number of hydroxylamine groups is 1. The van der Waals surface area contributed by atoms with Crippen LogP contribution < -0.4 is 0 Å². The van der Waals surface area contributed by atoms with Crippen LogP contribution in [0.15, 0.2) is 29.3 Å². The molecule has 104 valence electrons. The van der Waals surface area contributed by atoms with Gasteiger partial charge in [0.05, 0.1) is 10.5 Å². The highest BCUT2D eigenvalue weighted by Crippen LogP contribution is 2.33. The van der Waals surface area contributed by atoms with Crippen molar-refractivity contribution in [3.63, 3.8) is 0 Å². The number of nitro benzene ring substituents is 1. The van der Waals surface area contributed by atoms with Crippen LogP contribution >= 0.6 is 0 Å². The Hall–Kier alpha value is -2.24. The van der Waals surface area contributed by atoms with Crippen molar-refractivity contribution in [2.24, 2.45) is 4.99 Å². The molecule has 0 bridgehead atoms. The molecule has 0 radical (unpaired) electrons. The molecule has 1 heterocycles. The van der Waals surface area contributed by atoms with E-state index in [1.807, 2.05) is 6.92 Å². The molecule has 1 aromatic rings. The lowest BCUT2D eigenvalue weighted by Gasteiger charge is -2.31. The molecule has 0 spiro atoms. The van der Waals surface area contributed by atoms with Crippen molar-refractivity contribution < 1.29 is 9.66 Å². The number of hydrogen-bond donors (Lipinski definition) is 0. The summed E-state index contributed by atoms with van der Waals surface area (Å²) in [6.45, 7) is 1.93. The Labute approximate surface area is 116 Å². The van der Waals surface area contributed by atoms with Gasteiger partial charge in [0.15, 0.2) is 11.3 Å². The quantitative estimate of drug-likeness (QED) is 0.359. The Kier molecular flexibility index (Phi) is 2.81. The van der Waals surface area contributed by atoms with E-state index < -0.39 is 10.5 Å². The Morgan fingerprint density at radius 3 is 2.60 bits per heavy atom. The molecule has 1 atom stereocenters. The summed E-state index contributed by atoms with van der Waals surface area (Å²) < 4.78 is 0.975.